The second-order valence-corrected chi connectivity index (χ2v) is 4.97. The molecule has 112 valence electrons. The van der Waals surface area contributed by atoms with Crippen molar-refractivity contribution in [2.45, 2.75) is 31.6 Å². The average molecular weight is 300 g/mol. The maximum atomic E-state index is 13.2. The molecule has 0 atom stereocenters. The zero-order valence-electron chi connectivity index (χ0n) is 10.9. The fourth-order valence-electron chi connectivity index (χ4n) is 1.91. The van der Waals surface area contributed by atoms with Gasteiger partial charge in [0.25, 0.3) is 0 Å². The molecule has 1 aliphatic rings. The third kappa shape index (κ3) is 3.21. The van der Waals surface area contributed by atoms with Gasteiger partial charge >= 0.3 is 6.18 Å². The first-order valence-corrected chi connectivity index (χ1v) is 6.45. The molecule has 0 bridgehead atoms. The van der Waals surface area contributed by atoms with Gasteiger partial charge in [0.05, 0.1) is 23.1 Å². The van der Waals surface area contributed by atoms with Crippen molar-refractivity contribution in [1.29, 1.82) is 0 Å². The predicted octanol–water partition coefficient (Wildman–Crippen LogP) is 2.68. The zero-order chi connectivity index (χ0) is 15.0. The molecule has 0 amide bonds. The van der Waals surface area contributed by atoms with E-state index >= 15 is 0 Å². The highest BCUT2D eigenvalue weighted by atomic mass is 19.4. The molecule has 1 aromatic carbocycles. The second kappa shape index (κ2) is 5.10. The van der Waals surface area contributed by atoms with Gasteiger partial charge in [-0.3, -0.25) is 0 Å². The highest BCUT2D eigenvalue weighted by Gasteiger charge is 2.34. The van der Waals surface area contributed by atoms with Gasteiger partial charge in [0.1, 0.15) is 5.82 Å². The molecule has 1 N–H and O–H groups in total. The SMILES string of the molecule is Fc1ccc(-n2cc(CNC3CC3)nn2)cc1C(F)(F)F. The molecule has 0 aliphatic heterocycles. The van der Waals surface area contributed by atoms with Crippen LogP contribution in [0.1, 0.15) is 24.1 Å². The lowest BCUT2D eigenvalue weighted by molar-refractivity contribution is -0.140. The Morgan fingerprint density at radius 1 is 1.29 bits per heavy atom. The molecule has 8 heteroatoms. The highest BCUT2D eigenvalue weighted by molar-refractivity contribution is 5.37. The minimum absolute atomic E-state index is 0.119. The molecule has 3 rings (SSSR count). The normalized spacial score (nSPS) is 15.4. The third-order valence-corrected chi connectivity index (χ3v) is 3.21. The number of hydrogen-bond donors (Lipinski definition) is 1. The molecule has 0 radical (unpaired) electrons. The summed E-state index contributed by atoms with van der Waals surface area (Å²) >= 11 is 0. The number of nitrogens with zero attached hydrogens (tertiary/aromatic N) is 3. The van der Waals surface area contributed by atoms with Crippen molar-refractivity contribution in [2.24, 2.45) is 0 Å². The second-order valence-electron chi connectivity index (χ2n) is 4.97. The van der Waals surface area contributed by atoms with Crippen LogP contribution in [0.3, 0.4) is 0 Å². The number of rotatable bonds is 4. The monoisotopic (exact) mass is 300 g/mol. The van der Waals surface area contributed by atoms with E-state index in [9.17, 15) is 17.6 Å². The Bertz CT molecular complexity index is 646. The molecule has 2 aromatic rings. The van der Waals surface area contributed by atoms with Crippen LogP contribution in [0.2, 0.25) is 0 Å². The van der Waals surface area contributed by atoms with Crippen molar-refractivity contribution in [1.82, 2.24) is 20.3 Å². The van der Waals surface area contributed by atoms with E-state index in [1.165, 1.54) is 16.9 Å². The maximum Gasteiger partial charge on any atom is 0.419 e. The molecule has 1 aromatic heterocycles. The Morgan fingerprint density at radius 2 is 2.05 bits per heavy atom. The van der Waals surface area contributed by atoms with E-state index in [0.29, 0.717) is 18.3 Å². The van der Waals surface area contributed by atoms with Crippen LogP contribution in [0.5, 0.6) is 0 Å². The summed E-state index contributed by atoms with van der Waals surface area (Å²) in [5.41, 5.74) is -0.568. The first-order chi connectivity index (χ1) is 9.93. The molecular weight excluding hydrogens is 288 g/mol. The molecule has 21 heavy (non-hydrogen) atoms. The van der Waals surface area contributed by atoms with Crippen molar-refractivity contribution >= 4 is 0 Å². The van der Waals surface area contributed by atoms with Gasteiger partial charge < -0.3 is 5.32 Å². The first-order valence-electron chi connectivity index (χ1n) is 6.45. The lowest BCUT2D eigenvalue weighted by atomic mass is 10.2. The van der Waals surface area contributed by atoms with E-state index in [0.717, 1.165) is 25.0 Å². The zero-order valence-corrected chi connectivity index (χ0v) is 10.9. The molecule has 4 nitrogen and oxygen atoms in total. The largest absolute Gasteiger partial charge is 0.419 e. The Hall–Kier alpha value is -1.96. The van der Waals surface area contributed by atoms with Gasteiger partial charge in [0.15, 0.2) is 0 Å². The van der Waals surface area contributed by atoms with Gasteiger partial charge in [0.2, 0.25) is 0 Å². The summed E-state index contributed by atoms with van der Waals surface area (Å²) in [5, 5.41) is 10.9. The molecule has 0 saturated heterocycles. The number of aromatic nitrogens is 3. The van der Waals surface area contributed by atoms with E-state index in [-0.39, 0.29) is 5.69 Å². The minimum Gasteiger partial charge on any atom is -0.308 e. The van der Waals surface area contributed by atoms with Gasteiger partial charge in [0, 0.05) is 12.6 Å². The van der Waals surface area contributed by atoms with Crippen molar-refractivity contribution in [3.05, 3.63) is 41.5 Å². The molecule has 1 fully saturated rings. The highest BCUT2D eigenvalue weighted by Crippen LogP contribution is 2.32. The van der Waals surface area contributed by atoms with Crippen LogP contribution in [0.4, 0.5) is 17.6 Å². The van der Waals surface area contributed by atoms with E-state index in [1.807, 2.05) is 0 Å². The first kappa shape index (κ1) is 14.0. The third-order valence-electron chi connectivity index (χ3n) is 3.21. The van der Waals surface area contributed by atoms with Gasteiger partial charge in [-0.25, -0.2) is 9.07 Å². The fourth-order valence-corrected chi connectivity index (χ4v) is 1.91. The van der Waals surface area contributed by atoms with Crippen molar-refractivity contribution in [3.63, 3.8) is 0 Å². The summed E-state index contributed by atoms with van der Waals surface area (Å²) in [6, 6.07) is 3.24. The molecular formula is C13H12F4N4. The summed E-state index contributed by atoms with van der Waals surface area (Å²) in [6.45, 7) is 0.512. The Labute approximate surface area is 117 Å². The van der Waals surface area contributed by atoms with Crippen LogP contribution in [-0.4, -0.2) is 21.0 Å². The quantitative estimate of drug-likeness (QED) is 0.883. The Morgan fingerprint density at radius 3 is 2.71 bits per heavy atom. The van der Waals surface area contributed by atoms with Crippen LogP contribution in [0.25, 0.3) is 5.69 Å². The van der Waals surface area contributed by atoms with Crippen molar-refractivity contribution in [3.8, 4) is 5.69 Å². The smallest absolute Gasteiger partial charge is 0.308 e. The molecule has 0 unspecified atom stereocenters. The van der Waals surface area contributed by atoms with Crippen LogP contribution in [-0.2, 0) is 12.7 Å². The van der Waals surface area contributed by atoms with Crippen LogP contribution < -0.4 is 5.32 Å². The van der Waals surface area contributed by atoms with E-state index < -0.39 is 17.6 Å². The number of alkyl halides is 3. The Balaban J connectivity index is 1.82. The summed E-state index contributed by atoms with van der Waals surface area (Å²) in [4.78, 5) is 0. The van der Waals surface area contributed by atoms with Crippen LogP contribution >= 0.6 is 0 Å². The van der Waals surface area contributed by atoms with E-state index in [2.05, 4.69) is 15.6 Å². The molecule has 1 saturated carbocycles. The van der Waals surface area contributed by atoms with Gasteiger partial charge in [-0.2, -0.15) is 13.2 Å². The van der Waals surface area contributed by atoms with Crippen molar-refractivity contribution < 1.29 is 17.6 Å². The lowest BCUT2D eigenvalue weighted by Gasteiger charge is -2.09. The summed E-state index contributed by atoms with van der Waals surface area (Å²) in [6.07, 6.45) is -0.956. The van der Waals surface area contributed by atoms with Gasteiger partial charge in [-0.1, -0.05) is 5.21 Å². The summed E-state index contributed by atoms with van der Waals surface area (Å²) < 4.78 is 52.4. The Kier molecular flexibility index (Phi) is 3.40. The fraction of sp³-hybridized carbons (Fsp3) is 0.385. The minimum atomic E-state index is -4.74. The van der Waals surface area contributed by atoms with Gasteiger partial charge in [-0.05, 0) is 31.0 Å². The van der Waals surface area contributed by atoms with Crippen molar-refractivity contribution in [2.75, 3.05) is 0 Å². The predicted molar refractivity (Wildman–Crippen MR) is 66.2 cm³/mol. The van der Waals surface area contributed by atoms with E-state index in [4.69, 9.17) is 0 Å². The summed E-state index contributed by atoms with van der Waals surface area (Å²) in [5.74, 6) is -1.30. The van der Waals surface area contributed by atoms with E-state index in [1.54, 1.807) is 0 Å². The van der Waals surface area contributed by atoms with Gasteiger partial charge in [-0.15, -0.1) is 5.10 Å². The maximum absolute atomic E-state index is 13.2. The lowest BCUT2D eigenvalue weighted by Crippen LogP contribution is -2.15. The number of benzene rings is 1. The topological polar surface area (TPSA) is 42.7 Å². The van der Waals surface area contributed by atoms with Crippen LogP contribution in [0, 0.1) is 5.82 Å². The summed E-state index contributed by atoms with van der Waals surface area (Å²) in [7, 11) is 0. The molecule has 1 aliphatic carbocycles. The average Bonchev–Trinajstić information content (AvgIpc) is 3.13. The number of hydrogen-bond acceptors (Lipinski definition) is 3. The standard InChI is InChI=1S/C13H12F4N4/c14-12-4-3-10(5-11(12)13(15,16)17)21-7-9(19-20-21)6-18-8-1-2-8/h3-5,7-8,18H,1-2,6H2. The molecule has 0 spiro atoms. The van der Waals surface area contributed by atoms with Crippen LogP contribution in [0.15, 0.2) is 24.4 Å². The molecule has 1 heterocycles. The number of halogens is 4. The number of nitrogens with one attached hydrogen (secondary N) is 1.